The van der Waals surface area contributed by atoms with Crippen LogP contribution in [0, 0.1) is 5.92 Å². The van der Waals surface area contributed by atoms with E-state index in [0.717, 1.165) is 18.6 Å². The number of halogens is 2. The maximum atomic E-state index is 6.12. The fourth-order valence-electron chi connectivity index (χ4n) is 2.05. The Morgan fingerprint density at radius 2 is 2.16 bits per heavy atom. The molecule has 19 heavy (non-hydrogen) atoms. The minimum absolute atomic E-state index is 0.448. The molecule has 0 fully saturated rings. The van der Waals surface area contributed by atoms with Crippen molar-refractivity contribution in [3.05, 3.63) is 50.6 Å². The van der Waals surface area contributed by atoms with Crippen molar-refractivity contribution in [2.45, 2.75) is 12.8 Å². The molecule has 1 aromatic carbocycles. The van der Waals surface area contributed by atoms with Gasteiger partial charge in [-0.1, -0.05) is 12.1 Å². The first-order chi connectivity index (χ1) is 9.22. The number of benzene rings is 1. The van der Waals surface area contributed by atoms with Crippen LogP contribution in [0.5, 0.6) is 5.75 Å². The van der Waals surface area contributed by atoms with E-state index in [-0.39, 0.29) is 0 Å². The Morgan fingerprint density at radius 1 is 1.32 bits per heavy atom. The molecule has 1 heterocycles. The number of hydrogen-bond donors (Lipinski definition) is 0. The first kappa shape index (κ1) is 14.9. The quantitative estimate of drug-likeness (QED) is 0.647. The molecule has 1 nitrogen and oxygen atoms in total. The summed E-state index contributed by atoms with van der Waals surface area (Å²) in [5.41, 5.74) is 1.28. The Labute approximate surface area is 131 Å². The van der Waals surface area contributed by atoms with Crippen molar-refractivity contribution < 1.29 is 4.74 Å². The molecule has 0 aliphatic rings. The smallest absolute Gasteiger partial charge is 0.119 e. The number of rotatable bonds is 6. The number of thiophene rings is 1. The third kappa shape index (κ3) is 4.23. The Balaban J connectivity index is 2.04. The van der Waals surface area contributed by atoms with Gasteiger partial charge in [0, 0.05) is 15.2 Å². The summed E-state index contributed by atoms with van der Waals surface area (Å²) >= 11 is 11.5. The Hall–Kier alpha value is -0.510. The van der Waals surface area contributed by atoms with E-state index in [1.54, 1.807) is 18.4 Å². The van der Waals surface area contributed by atoms with Gasteiger partial charge < -0.3 is 4.74 Å². The summed E-state index contributed by atoms with van der Waals surface area (Å²) in [6.45, 7) is 0. The van der Waals surface area contributed by atoms with Crippen molar-refractivity contribution in [1.29, 1.82) is 0 Å². The van der Waals surface area contributed by atoms with Crippen LogP contribution in [0.3, 0.4) is 0 Å². The van der Waals surface area contributed by atoms with Gasteiger partial charge in [-0.05, 0) is 63.8 Å². The summed E-state index contributed by atoms with van der Waals surface area (Å²) in [5.74, 6) is 2.02. The third-order valence-corrected chi connectivity index (χ3v) is 5.43. The molecular formula is C15H16BrClOS. The van der Waals surface area contributed by atoms with Gasteiger partial charge in [0.25, 0.3) is 0 Å². The molecule has 1 atom stereocenters. The van der Waals surface area contributed by atoms with Gasteiger partial charge in [-0.2, -0.15) is 0 Å². The van der Waals surface area contributed by atoms with E-state index >= 15 is 0 Å². The molecule has 4 heteroatoms. The van der Waals surface area contributed by atoms with Gasteiger partial charge in [0.15, 0.2) is 0 Å². The molecule has 0 N–H and O–H groups in total. The number of alkyl halides is 1. The van der Waals surface area contributed by atoms with Crippen LogP contribution in [0.2, 0.25) is 0 Å². The van der Waals surface area contributed by atoms with Gasteiger partial charge in [-0.3, -0.25) is 0 Å². The molecule has 0 saturated carbocycles. The van der Waals surface area contributed by atoms with Crippen molar-refractivity contribution in [2.24, 2.45) is 5.92 Å². The highest BCUT2D eigenvalue weighted by atomic mass is 79.9. The van der Waals surface area contributed by atoms with Gasteiger partial charge in [-0.15, -0.1) is 22.9 Å². The second kappa shape index (κ2) is 7.32. The summed E-state index contributed by atoms with van der Waals surface area (Å²) in [4.78, 5) is 1.37. The zero-order valence-electron chi connectivity index (χ0n) is 10.7. The van der Waals surface area contributed by atoms with Crippen LogP contribution in [0.25, 0.3) is 0 Å². The molecule has 102 valence electrons. The molecule has 2 aromatic rings. The lowest BCUT2D eigenvalue weighted by atomic mass is 9.97. The van der Waals surface area contributed by atoms with Crippen LogP contribution in [-0.4, -0.2) is 13.0 Å². The highest BCUT2D eigenvalue weighted by molar-refractivity contribution is 9.10. The van der Waals surface area contributed by atoms with E-state index in [2.05, 4.69) is 39.5 Å². The molecule has 0 spiro atoms. The van der Waals surface area contributed by atoms with Crippen LogP contribution in [-0.2, 0) is 12.8 Å². The number of methoxy groups -OCH3 is 1. The molecule has 2 rings (SSSR count). The monoisotopic (exact) mass is 358 g/mol. The van der Waals surface area contributed by atoms with E-state index in [1.165, 1.54) is 14.9 Å². The van der Waals surface area contributed by atoms with E-state index in [0.29, 0.717) is 11.8 Å². The lowest BCUT2D eigenvalue weighted by Gasteiger charge is -2.14. The van der Waals surface area contributed by atoms with Gasteiger partial charge in [0.05, 0.1) is 7.11 Å². The summed E-state index contributed by atoms with van der Waals surface area (Å²) in [7, 11) is 1.70. The Kier molecular flexibility index (Phi) is 5.74. The summed E-state index contributed by atoms with van der Waals surface area (Å²) in [5, 5.41) is 2.11. The first-order valence-electron chi connectivity index (χ1n) is 6.13. The first-order valence-corrected chi connectivity index (χ1v) is 8.34. The predicted octanol–water partition coefficient (Wildman–Crippen LogP) is 5.16. The van der Waals surface area contributed by atoms with E-state index in [9.17, 15) is 0 Å². The zero-order valence-corrected chi connectivity index (χ0v) is 13.9. The molecule has 0 radical (unpaired) electrons. The largest absolute Gasteiger partial charge is 0.497 e. The van der Waals surface area contributed by atoms with Gasteiger partial charge in [0.2, 0.25) is 0 Å². The predicted molar refractivity (Wildman–Crippen MR) is 86.6 cm³/mol. The highest BCUT2D eigenvalue weighted by Crippen LogP contribution is 2.27. The lowest BCUT2D eigenvalue weighted by molar-refractivity contribution is 0.414. The van der Waals surface area contributed by atoms with E-state index in [1.807, 2.05) is 12.1 Å². The van der Waals surface area contributed by atoms with Crippen molar-refractivity contribution in [3.63, 3.8) is 0 Å². The minimum Gasteiger partial charge on any atom is -0.497 e. The van der Waals surface area contributed by atoms with Crippen molar-refractivity contribution >= 4 is 38.9 Å². The molecule has 0 aliphatic heterocycles. The normalized spacial score (nSPS) is 12.4. The highest BCUT2D eigenvalue weighted by Gasteiger charge is 2.13. The van der Waals surface area contributed by atoms with Crippen molar-refractivity contribution in [3.8, 4) is 5.75 Å². The van der Waals surface area contributed by atoms with Crippen molar-refractivity contribution in [2.75, 3.05) is 13.0 Å². The Bertz CT molecular complexity index is 526. The summed E-state index contributed by atoms with van der Waals surface area (Å²) in [6, 6.07) is 10.3. The summed E-state index contributed by atoms with van der Waals surface area (Å²) in [6.07, 6.45) is 1.99. The third-order valence-electron chi connectivity index (χ3n) is 3.04. The minimum atomic E-state index is 0.448. The second-order valence-corrected chi connectivity index (χ2v) is 6.64. The maximum Gasteiger partial charge on any atom is 0.119 e. The molecule has 0 saturated heterocycles. The SMILES string of the molecule is COc1cccc(CC(CCl)Cc2sccc2Br)c1. The van der Waals surface area contributed by atoms with E-state index < -0.39 is 0 Å². The summed E-state index contributed by atoms with van der Waals surface area (Å²) < 4.78 is 6.45. The van der Waals surface area contributed by atoms with Crippen LogP contribution in [0.4, 0.5) is 0 Å². The van der Waals surface area contributed by atoms with Crippen LogP contribution in [0.15, 0.2) is 40.2 Å². The lowest BCUT2D eigenvalue weighted by Crippen LogP contribution is -2.09. The Morgan fingerprint density at radius 3 is 2.79 bits per heavy atom. The topological polar surface area (TPSA) is 9.23 Å². The average molecular weight is 360 g/mol. The molecular weight excluding hydrogens is 344 g/mol. The van der Waals surface area contributed by atoms with Gasteiger partial charge in [-0.25, -0.2) is 0 Å². The zero-order chi connectivity index (χ0) is 13.7. The molecule has 0 aliphatic carbocycles. The molecule has 0 amide bonds. The molecule has 1 unspecified atom stereocenters. The van der Waals surface area contributed by atoms with Crippen molar-refractivity contribution in [1.82, 2.24) is 0 Å². The van der Waals surface area contributed by atoms with E-state index in [4.69, 9.17) is 16.3 Å². The molecule has 0 bridgehead atoms. The second-order valence-electron chi connectivity index (χ2n) is 4.47. The standard InChI is InChI=1S/C15H16BrClOS/c1-18-13-4-2-3-11(8-13)7-12(10-17)9-15-14(16)5-6-19-15/h2-6,8,12H,7,9-10H2,1H3. The van der Waals surface area contributed by atoms with Crippen LogP contribution < -0.4 is 4.74 Å². The maximum absolute atomic E-state index is 6.12. The fourth-order valence-corrected chi connectivity index (χ4v) is 3.90. The van der Waals surface area contributed by atoms with Crippen LogP contribution >= 0.6 is 38.9 Å². The number of hydrogen-bond acceptors (Lipinski definition) is 2. The number of ether oxygens (including phenoxy) is 1. The molecule has 1 aromatic heterocycles. The van der Waals surface area contributed by atoms with Crippen LogP contribution in [0.1, 0.15) is 10.4 Å². The van der Waals surface area contributed by atoms with Gasteiger partial charge in [0.1, 0.15) is 5.75 Å². The fraction of sp³-hybridized carbons (Fsp3) is 0.333. The average Bonchev–Trinajstić information content (AvgIpc) is 2.83. The van der Waals surface area contributed by atoms with Gasteiger partial charge >= 0.3 is 0 Å².